The van der Waals surface area contributed by atoms with Crippen molar-refractivity contribution in [3.63, 3.8) is 0 Å². The van der Waals surface area contributed by atoms with Crippen LogP contribution in [0.4, 0.5) is 11.9 Å². The van der Waals surface area contributed by atoms with Gasteiger partial charge in [0, 0.05) is 40.7 Å². The van der Waals surface area contributed by atoms with Gasteiger partial charge < -0.3 is 21.3 Å². The lowest BCUT2D eigenvalue weighted by Crippen LogP contribution is -2.67. The number of aromatic nitrogens is 3. The Kier molecular flexibility index (Phi) is 14.6. The minimum absolute atomic E-state index is 0.0629. The molecule has 2 saturated heterocycles. The van der Waals surface area contributed by atoms with Crippen LogP contribution in [0.2, 0.25) is 0 Å². The summed E-state index contributed by atoms with van der Waals surface area (Å²) in [5.41, 5.74) is 0.296. The van der Waals surface area contributed by atoms with Crippen LogP contribution in [0.15, 0.2) is 0 Å². The summed E-state index contributed by atoms with van der Waals surface area (Å²) in [5.74, 6) is 3.30. The Bertz CT molecular complexity index is 983. The number of aryl methyl sites for hydroxylation is 1. The predicted octanol–water partition coefficient (Wildman–Crippen LogP) is 9.83. The normalized spacial score (nSPS) is 34.8. The first-order chi connectivity index (χ1) is 21.8. The fourth-order valence-corrected chi connectivity index (χ4v) is 8.32. The molecule has 8 unspecified atom stereocenters. The van der Waals surface area contributed by atoms with Crippen LogP contribution in [0.3, 0.4) is 0 Å². The molecule has 2 aliphatic rings. The largest absolute Gasteiger partial charge is 0.351 e. The quantitative estimate of drug-likeness (QED) is 0.112. The molecular weight excluding hydrogens is 566 g/mol. The summed E-state index contributed by atoms with van der Waals surface area (Å²) < 4.78 is 0. The molecule has 2 fully saturated rings. The SMILES string of the molecule is CCCCCCCCCCCCc1nc(NC2CC(C)(CC)NC(C)(CC)C2C)nc(NC2CC(C)(CC)NC(C)(CC)C2C)n1. The van der Waals surface area contributed by atoms with Gasteiger partial charge in [0.25, 0.3) is 0 Å². The van der Waals surface area contributed by atoms with Crippen molar-refractivity contribution < 1.29 is 0 Å². The molecule has 0 radical (unpaired) electrons. The summed E-state index contributed by atoms with van der Waals surface area (Å²) >= 11 is 0. The van der Waals surface area contributed by atoms with E-state index < -0.39 is 0 Å². The molecule has 1 aromatic heterocycles. The van der Waals surface area contributed by atoms with Crippen molar-refractivity contribution >= 4 is 11.9 Å². The molecule has 3 rings (SSSR count). The van der Waals surface area contributed by atoms with E-state index >= 15 is 0 Å². The van der Waals surface area contributed by atoms with E-state index in [4.69, 9.17) is 15.0 Å². The minimum atomic E-state index is 0.0629. The van der Waals surface area contributed by atoms with E-state index in [0.29, 0.717) is 23.9 Å². The van der Waals surface area contributed by atoms with Crippen LogP contribution < -0.4 is 21.3 Å². The fraction of sp³-hybridized carbons (Fsp3) is 0.923. The first kappa shape index (κ1) is 39.0. The van der Waals surface area contributed by atoms with Crippen molar-refractivity contribution in [3.8, 4) is 0 Å². The van der Waals surface area contributed by atoms with Gasteiger partial charge in [0.05, 0.1) is 0 Å². The molecule has 1 aromatic rings. The lowest BCUT2D eigenvalue weighted by atomic mass is 9.69. The fourth-order valence-electron chi connectivity index (χ4n) is 8.32. The van der Waals surface area contributed by atoms with E-state index in [2.05, 4.69) is 97.4 Å². The van der Waals surface area contributed by atoms with Crippen LogP contribution in [-0.2, 0) is 6.42 Å². The lowest BCUT2D eigenvalue weighted by molar-refractivity contribution is 0.0794. The van der Waals surface area contributed by atoms with Crippen LogP contribution in [0.5, 0.6) is 0 Å². The molecule has 0 aromatic carbocycles. The average Bonchev–Trinajstić information content (AvgIpc) is 3.03. The molecule has 266 valence electrons. The van der Waals surface area contributed by atoms with Crippen molar-refractivity contribution in [2.45, 2.75) is 220 Å². The number of rotatable bonds is 19. The van der Waals surface area contributed by atoms with Gasteiger partial charge in [0.2, 0.25) is 11.9 Å². The zero-order valence-corrected chi connectivity index (χ0v) is 32.2. The Hall–Kier alpha value is -1.47. The predicted molar refractivity (Wildman–Crippen MR) is 199 cm³/mol. The number of nitrogens with zero attached hydrogens (tertiary/aromatic N) is 3. The Balaban J connectivity index is 1.79. The Morgan fingerprint density at radius 2 is 0.957 bits per heavy atom. The highest BCUT2D eigenvalue weighted by Crippen LogP contribution is 2.40. The molecule has 7 heteroatoms. The molecule has 46 heavy (non-hydrogen) atoms. The average molecular weight is 642 g/mol. The highest BCUT2D eigenvalue weighted by Gasteiger charge is 2.48. The molecule has 0 bridgehead atoms. The molecule has 2 aliphatic heterocycles. The van der Waals surface area contributed by atoms with Crippen LogP contribution in [-0.4, -0.2) is 49.2 Å². The number of nitrogens with one attached hydrogen (secondary N) is 4. The summed E-state index contributed by atoms with van der Waals surface area (Å²) in [6, 6.07) is 0.585. The number of unbranched alkanes of at least 4 members (excludes halogenated alkanes) is 9. The standard InChI is InChI=1S/C39H75N7/c1-12-17-18-19-20-21-22-23-24-25-26-33-42-34(40-31-27-36(8,13-2)45-38(10,15-4)29(31)6)44-35(43-33)41-32-28-37(9,14-3)46-39(11,16-5)30(32)7/h29-32,45-46H,12-28H2,1-11H3,(H2,40,41,42,43,44). The van der Waals surface area contributed by atoms with Crippen molar-refractivity contribution in [2.24, 2.45) is 11.8 Å². The van der Waals surface area contributed by atoms with Gasteiger partial charge in [0.1, 0.15) is 5.82 Å². The summed E-state index contributed by atoms with van der Waals surface area (Å²) in [7, 11) is 0. The molecule has 7 nitrogen and oxygen atoms in total. The van der Waals surface area contributed by atoms with Gasteiger partial charge in [-0.2, -0.15) is 15.0 Å². The van der Waals surface area contributed by atoms with Crippen LogP contribution >= 0.6 is 0 Å². The molecule has 0 spiro atoms. The van der Waals surface area contributed by atoms with Gasteiger partial charge in [-0.05, 0) is 84.5 Å². The Labute approximate surface area is 284 Å². The van der Waals surface area contributed by atoms with Crippen molar-refractivity contribution in [1.82, 2.24) is 25.6 Å². The number of hydrogen-bond acceptors (Lipinski definition) is 7. The van der Waals surface area contributed by atoms with E-state index in [0.717, 1.165) is 69.1 Å². The topological polar surface area (TPSA) is 86.8 Å². The highest BCUT2D eigenvalue weighted by atomic mass is 15.3. The maximum atomic E-state index is 5.10. The molecular formula is C39H75N7. The van der Waals surface area contributed by atoms with E-state index in [9.17, 15) is 0 Å². The second-order valence-corrected chi connectivity index (χ2v) is 16.4. The van der Waals surface area contributed by atoms with Crippen molar-refractivity contribution in [2.75, 3.05) is 10.6 Å². The van der Waals surface area contributed by atoms with Gasteiger partial charge in [0.15, 0.2) is 0 Å². The maximum absolute atomic E-state index is 5.10. The smallest absolute Gasteiger partial charge is 0.227 e. The van der Waals surface area contributed by atoms with Gasteiger partial charge in [-0.25, -0.2) is 0 Å². The van der Waals surface area contributed by atoms with E-state index in [1.165, 1.54) is 57.8 Å². The monoisotopic (exact) mass is 642 g/mol. The summed E-state index contributed by atoms with van der Waals surface area (Å²) in [5, 5.41) is 15.8. The van der Waals surface area contributed by atoms with E-state index in [1.807, 2.05) is 0 Å². The van der Waals surface area contributed by atoms with Crippen molar-refractivity contribution in [3.05, 3.63) is 5.82 Å². The zero-order valence-electron chi connectivity index (χ0n) is 32.2. The summed E-state index contributed by atoms with van der Waals surface area (Å²) in [4.78, 5) is 15.3. The highest BCUT2D eigenvalue weighted by molar-refractivity contribution is 5.38. The first-order valence-corrected chi connectivity index (χ1v) is 19.6. The zero-order chi connectivity index (χ0) is 34.0. The third-order valence-electron chi connectivity index (χ3n) is 12.8. The van der Waals surface area contributed by atoms with E-state index in [1.54, 1.807) is 0 Å². The second kappa shape index (κ2) is 17.3. The second-order valence-electron chi connectivity index (χ2n) is 16.4. The minimum Gasteiger partial charge on any atom is -0.351 e. The first-order valence-electron chi connectivity index (χ1n) is 19.6. The van der Waals surface area contributed by atoms with Crippen LogP contribution in [0.25, 0.3) is 0 Å². The maximum Gasteiger partial charge on any atom is 0.227 e. The van der Waals surface area contributed by atoms with Crippen LogP contribution in [0, 0.1) is 11.8 Å². The number of anilines is 2. The molecule has 0 aliphatic carbocycles. The van der Waals surface area contributed by atoms with Gasteiger partial charge >= 0.3 is 0 Å². The number of piperidine rings is 2. The van der Waals surface area contributed by atoms with Crippen LogP contribution in [0.1, 0.15) is 185 Å². The van der Waals surface area contributed by atoms with E-state index in [-0.39, 0.29) is 22.2 Å². The Morgan fingerprint density at radius 1 is 0.565 bits per heavy atom. The Morgan fingerprint density at radius 3 is 1.33 bits per heavy atom. The molecule has 4 N–H and O–H groups in total. The van der Waals surface area contributed by atoms with Gasteiger partial charge in [-0.3, -0.25) is 0 Å². The summed E-state index contributed by atoms with van der Waals surface area (Å²) in [6.45, 7) is 25.9. The third-order valence-corrected chi connectivity index (χ3v) is 12.8. The molecule has 3 heterocycles. The van der Waals surface area contributed by atoms with Gasteiger partial charge in [-0.1, -0.05) is 106 Å². The summed E-state index contributed by atoms with van der Waals surface area (Å²) in [6.07, 6.45) is 20.7. The molecule has 0 saturated carbocycles. The lowest BCUT2D eigenvalue weighted by Gasteiger charge is -2.53. The molecule has 0 amide bonds. The molecule has 8 atom stereocenters. The third kappa shape index (κ3) is 10.3. The van der Waals surface area contributed by atoms with Gasteiger partial charge in [-0.15, -0.1) is 0 Å². The number of hydrogen-bond donors (Lipinski definition) is 4. The van der Waals surface area contributed by atoms with Crippen molar-refractivity contribution in [1.29, 1.82) is 0 Å².